The van der Waals surface area contributed by atoms with E-state index < -0.39 is 0 Å². The van der Waals surface area contributed by atoms with Gasteiger partial charge in [0.1, 0.15) is 0 Å². The quantitative estimate of drug-likeness (QED) is 0.754. The van der Waals surface area contributed by atoms with E-state index >= 15 is 0 Å². The summed E-state index contributed by atoms with van der Waals surface area (Å²) in [4.78, 5) is 28.0. The van der Waals surface area contributed by atoms with Crippen molar-refractivity contribution >= 4 is 39.1 Å². The Labute approximate surface area is 136 Å². The van der Waals surface area contributed by atoms with Gasteiger partial charge in [-0.25, -0.2) is 4.98 Å². The number of thiazole rings is 1. The fourth-order valence-electron chi connectivity index (χ4n) is 2.13. The molecule has 7 heteroatoms. The van der Waals surface area contributed by atoms with Crippen LogP contribution in [0.5, 0.6) is 0 Å². The van der Waals surface area contributed by atoms with Gasteiger partial charge in [0.25, 0.3) is 5.91 Å². The summed E-state index contributed by atoms with van der Waals surface area (Å²) in [5, 5.41) is 6.44. The average Bonchev–Trinajstić information content (AvgIpc) is 3.15. The summed E-state index contributed by atoms with van der Waals surface area (Å²) < 4.78 is 6.01. The number of hydrogen-bond donors (Lipinski definition) is 2. The maximum Gasteiger partial charge on any atom is 0.286 e. The van der Waals surface area contributed by atoms with Crippen LogP contribution in [0.15, 0.2) is 41.0 Å². The van der Waals surface area contributed by atoms with E-state index in [0.717, 1.165) is 20.9 Å². The van der Waals surface area contributed by atoms with Crippen molar-refractivity contribution < 1.29 is 14.0 Å². The average molecular weight is 329 g/mol. The minimum absolute atomic E-state index is 0.162. The molecule has 1 aromatic carbocycles. The van der Waals surface area contributed by atoms with Crippen molar-refractivity contribution in [1.82, 2.24) is 10.3 Å². The van der Waals surface area contributed by atoms with Gasteiger partial charge in [-0.2, -0.15) is 0 Å². The Bertz CT molecular complexity index is 840. The van der Waals surface area contributed by atoms with Gasteiger partial charge in [0.15, 0.2) is 5.76 Å². The first kappa shape index (κ1) is 15.2. The molecule has 0 saturated heterocycles. The number of aryl methyl sites for hydroxylation is 1. The molecule has 0 radical (unpaired) electrons. The molecule has 2 aromatic heterocycles. The molecule has 0 spiro atoms. The number of fused-ring (bicyclic) bond motifs is 1. The van der Waals surface area contributed by atoms with Gasteiger partial charge in [-0.1, -0.05) is 0 Å². The van der Waals surface area contributed by atoms with E-state index in [-0.39, 0.29) is 30.5 Å². The van der Waals surface area contributed by atoms with Crippen LogP contribution < -0.4 is 10.6 Å². The van der Waals surface area contributed by atoms with E-state index in [0.29, 0.717) is 0 Å². The molecule has 0 atom stereocenters. The Morgan fingerprint density at radius 3 is 2.96 bits per heavy atom. The molecular weight excluding hydrogens is 314 g/mol. The van der Waals surface area contributed by atoms with Crippen LogP contribution in [0.3, 0.4) is 0 Å². The van der Waals surface area contributed by atoms with Crippen molar-refractivity contribution in [1.29, 1.82) is 0 Å². The second-order valence-corrected chi connectivity index (χ2v) is 6.18. The number of anilines is 1. The van der Waals surface area contributed by atoms with E-state index in [1.807, 2.05) is 25.1 Å². The second-order valence-electron chi connectivity index (χ2n) is 4.95. The summed E-state index contributed by atoms with van der Waals surface area (Å²) in [7, 11) is 0. The number of amides is 2. The van der Waals surface area contributed by atoms with Crippen molar-refractivity contribution in [3.63, 3.8) is 0 Å². The maximum absolute atomic E-state index is 11.9. The summed E-state index contributed by atoms with van der Waals surface area (Å²) in [6, 6.07) is 8.81. The van der Waals surface area contributed by atoms with Gasteiger partial charge in [0.2, 0.25) is 5.91 Å². The first-order valence-corrected chi connectivity index (χ1v) is 7.92. The number of nitrogens with one attached hydrogen (secondary N) is 2. The molecule has 0 fully saturated rings. The predicted molar refractivity (Wildman–Crippen MR) is 88.6 cm³/mol. The van der Waals surface area contributed by atoms with Crippen molar-refractivity contribution in [2.75, 3.05) is 11.9 Å². The maximum atomic E-state index is 11.9. The molecule has 2 N–H and O–H groups in total. The highest BCUT2D eigenvalue weighted by atomic mass is 32.1. The predicted octanol–water partition coefficient (Wildman–Crippen LogP) is 2.96. The molecule has 2 heterocycles. The van der Waals surface area contributed by atoms with Gasteiger partial charge < -0.3 is 15.1 Å². The number of carbonyl (C=O) groups is 2. The number of hydrogen-bond acceptors (Lipinski definition) is 5. The van der Waals surface area contributed by atoms with Gasteiger partial charge in [-0.15, -0.1) is 11.3 Å². The zero-order chi connectivity index (χ0) is 16.2. The van der Waals surface area contributed by atoms with Gasteiger partial charge in [0.05, 0.1) is 21.5 Å². The van der Waals surface area contributed by atoms with E-state index in [2.05, 4.69) is 15.6 Å². The van der Waals surface area contributed by atoms with Gasteiger partial charge in [-0.05, 0) is 37.3 Å². The molecule has 3 rings (SSSR count). The standard InChI is InChI=1S/C16H15N3O3S/c1-10-18-12-5-4-11(9-14(12)23-10)19-15(20)6-7-17-16(21)13-3-2-8-22-13/h2-5,8-9H,6-7H2,1H3,(H,17,21)(H,19,20). The second kappa shape index (κ2) is 6.62. The topological polar surface area (TPSA) is 84.2 Å². The number of benzene rings is 1. The fourth-order valence-corrected chi connectivity index (χ4v) is 2.99. The van der Waals surface area contributed by atoms with E-state index in [1.165, 1.54) is 6.26 Å². The normalized spacial score (nSPS) is 10.7. The van der Waals surface area contributed by atoms with Gasteiger partial charge in [0, 0.05) is 18.7 Å². The summed E-state index contributed by atoms with van der Waals surface area (Å²) in [5.74, 6) is -0.258. The third-order valence-corrected chi connectivity index (χ3v) is 4.10. The summed E-state index contributed by atoms with van der Waals surface area (Å²) in [6.45, 7) is 2.19. The molecule has 0 aliphatic carbocycles. The number of furan rings is 1. The Morgan fingerprint density at radius 2 is 2.17 bits per heavy atom. The van der Waals surface area contributed by atoms with Gasteiger partial charge >= 0.3 is 0 Å². The lowest BCUT2D eigenvalue weighted by Crippen LogP contribution is -2.27. The van der Waals surface area contributed by atoms with Gasteiger partial charge in [-0.3, -0.25) is 9.59 Å². The molecule has 0 unspecified atom stereocenters. The lowest BCUT2D eigenvalue weighted by molar-refractivity contribution is -0.116. The van der Waals surface area contributed by atoms with E-state index in [4.69, 9.17) is 4.42 Å². The molecule has 0 bridgehead atoms. The molecule has 118 valence electrons. The third kappa shape index (κ3) is 3.75. The molecule has 3 aromatic rings. The smallest absolute Gasteiger partial charge is 0.286 e. The van der Waals surface area contributed by atoms with Crippen molar-refractivity contribution in [2.24, 2.45) is 0 Å². The largest absolute Gasteiger partial charge is 0.459 e. The minimum atomic E-state index is -0.329. The Balaban J connectivity index is 1.51. The summed E-state index contributed by atoms with van der Waals surface area (Å²) >= 11 is 1.58. The van der Waals surface area contributed by atoms with Crippen LogP contribution in [0.25, 0.3) is 10.2 Å². The molecule has 6 nitrogen and oxygen atoms in total. The van der Waals surface area contributed by atoms with Crippen LogP contribution in [-0.2, 0) is 4.79 Å². The van der Waals surface area contributed by atoms with E-state index in [9.17, 15) is 9.59 Å². The van der Waals surface area contributed by atoms with Crippen LogP contribution in [0.4, 0.5) is 5.69 Å². The molecule has 0 aliphatic rings. The summed E-state index contributed by atoms with van der Waals surface area (Å²) in [5.41, 5.74) is 1.65. The first-order valence-electron chi connectivity index (χ1n) is 7.10. The highest BCUT2D eigenvalue weighted by Gasteiger charge is 2.09. The number of nitrogens with zero attached hydrogens (tertiary/aromatic N) is 1. The molecule has 23 heavy (non-hydrogen) atoms. The van der Waals surface area contributed by atoms with Crippen LogP contribution in [0, 0.1) is 6.92 Å². The van der Waals surface area contributed by atoms with Crippen LogP contribution >= 0.6 is 11.3 Å². The lowest BCUT2D eigenvalue weighted by Gasteiger charge is -2.06. The highest BCUT2D eigenvalue weighted by molar-refractivity contribution is 7.18. The molecular formula is C16H15N3O3S. The van der Waals surface area contributed by atoms with E-state index in [1.54, 1.807) is 23.5 Å². The SMILES string of the molecule is Cc1nc2ccc(NC(=O)CCNC(=O)c3ccco3)cc2s1. The Kier molecular flexibility index (Phi) is 4.38. The number of aromatic nitrogens is 1. The lowest BCUT2D eigenvalue weighted by atomic mass is 10.3. The monoisotopic (exact) mass is 329 g/mol. The van der Waals surface area contributed by atoms with Crippen molar-refractivity contribution in [2.45, 2.75) is 13.3 Å². The molecule has 0 saturated carbocycles. The van der Waals surface area contributed by atoms with Crippen LogP contribution in [0.2, 0.25) is 0 Å². The van der Waals surface area contributed by atoms with Crippen molar-refractivity contribution in [3.05, 3.63) is 47.4 Å². The highest BCUT2D eigenvalue weighted by Crippen LogP contribution is 2.24. The zero-order valence-electron chi connectivity index (χ0n) is 12.5. The first-order chi connectivity index (χ1) is 11.1. The number of carbonyl (C=O) groups excluding carboxylic acids is 2. The van der Waals surface area contributed by atoms with Crippen LogP contribution in [-0.4, -0.2) is 23.3 Å². The fraction of sp³-hybridized carbons (Fsp3) is 0.188. The van der Waals surface area contributed by atoms with Crippen LogP contribution in [0.1, 0.15) is 22.0 Å². The Morgan fingerprint density at radius 1 is 1.30 bits per heavy atom. The van der Waals surface area contributed by atoms with Crippen molar-refractivity contribution in [3.8, 4) is 0 Å². The zero-order valence-corrected chi connectivity index (χ0v) is 13.3. The molecule has 0 aliphatic heterocycles. The summed E-state index contributed by atoms with van der Waals surface area (Å²) in [6.07, 6.45) is 1.62. The Hall–Kier alpha value is -2.67. The third-order valence-electron chi connectivity index (χ3n) is 3.16. The molecule has 2 amide bonds. The number of rotatable bonds is 5. The minimum Gasteiger partial charge on any atom is -0.459 e.